The Morgan fingerprint density at radius 3 is 2.53 bits per heavy atom. The van der Waals surface area contributed by atoms with Crippen LogP contribution in [0.2, 0.25) is 0 Å². The van der Waals surface area contributed by atoms with Gasteiger partial charge in [-0.05, 0) is 81.2 Å². The van der Waals surface area contributed by atoms with E-state index in [0.717, 1.165) is 48.5 Å². The van der Waals surface area contributed by atoms with Gasteiger partial charge in [0, 0.05) is 24.2 Å². The molecule has 5 rings (SSSR count). The number of aryl methyl sites for hydroxylation is 2. The van der Waals surface area contributed by atoms with Crippen molar-refractivity contribution in [2.24, 2.45) is 0 Å². The van der Waals surface area contributed by atoms with E-state index in [1.54, 1.807) is 27.0 Å². The molecule has 1 fully saturated rings. The first-order chi connectivity index (χ1) is 16.3. The van der Waals surface area contributed by atoms with Crippen LogP contribution in [0.5, 0.6) is 5.75 Å². The molecule has 0 N–H and O–H groups in total. The van der Waals surface area contributed by atoms with E-state index in [1.165, 1.54) is 12.1 Å². The molecule has 0 saturated carbocycles. The van der Waals surface area contributed by atoms with Crippen LogP contribution in [0.25, 0.3) is 0 Å². The number of nitrogens with zero attached hydrogens (tertiary/aromatic N) is 3. The molecule has 0 unspecified atom stereocenters. The molecule has 2 aromatic carbocycles. The van der Waals surface area contributed by atoms with Crippen molar-refractivity contribution in [2.45, 2.75) is 38.6 Å². The molecule has 34 heavy (non-hydrogen) atoms. The maximum absolute atomic E-state index is 13.6. The number of carbonyl (C=O) groups excluding carboxylic acids is 1. The van der Waals surface area contributed by atoms with Crippen LogP contribution in [0.3, 0.4) is 0 Å². The van der Waals surface area contributed by atoms with Gasteiger partial charge in [-0.15, -0.1) is 0 Å². The fraction of sp³-hybridized carbons (Fsp3) is 0.385. The van der Waals surface area contributed by atoms with Gasteiger partial charge in [-0.25, -0.2) is 8.78 Å². The lowest BCUT2D eigenvalue weighted by Crippen LogP contribution is -2.45. The van der Waals surface area contributed by atoms with Gasteiger partial charge in [0.25, 0.3) is 5.91 Å². The van der Waals surface area contributed by atoms with E-state index in [-0.39, 0.29) is 11.3 Å². The average molecular weight is 468 g/mol. The van der Waals surface area contributed by atoms with Gasteiger partial charge in [-0.2, -0.15) is 0 Å². The third-order valence-electron chi connectivity index (χ3n) is 7.22. The zero-order chi connectivity index (χ0) is 24.0. The third kappa shape index (κ3) is 3.76. The van der Waals surface area contributed by atoms with Gasteiger partial charge < -0.3 is 14.2 Å². The number of aromatic nitrogens is 1. The van der Waals surface area contributed by atoms with Crippen molar-refractivity contribution in [3.8, 4) is 5.75 Å². The van der Waals surface area contributed by atoms with E-state index in [4.69, 9.17) is 9.26 Å². The minimum Gasteiger partial charge on any atom is -0.497 e. The molecule has 0 radical (unpaired) electrons. The number of likely N-dealkylation sites (tertiary alicyclic amines) is 1. The molecule has 2 aliphatic heterocycles. The summed E-state index contributed by atoms with van der Waals surface area (Å²) in [5.41, 5.74) is 3.63. The molecule has 1 saturated heterocycles. The number of fused-ring (bicyclic) bond motifs is 2. The van der Waals surface area contributed by atoms with Crippen LogP contribution < -0.4 is 9.64 Å². The first-order valence-electron chi connectivity index (χ1n) is 11.4. The van der Waals surface area contributed by atoms with E-state index in [0.29, 0.717) is 30.1 Å². The Bertz CT molecular complexity index is 1230. The number of benzene rings is 2. The fourth-order valence-corrected chi connectivity index (χ4v) is 5.34. The third-order valence-corrected chi connectivity index (χ3v) is 7.22. The molecular formula is C26H27F2N3O3. The monoisotopic (exact) mass is 467 g/mol. The van der Waals surface area contributed by atoms with E-state index < -0.39 is 11.6 Å². The van der Waals surface area contributed by atoms with Crippen molar-refractivity contribution >= 4 is 11.6 Å². The largest absolute Gasteiger partial charge is 0.497 e. The minimum atomic E-state index is -0.832. The smallest absolute Gasteiger partial charge is 0.263 e. The molecule has 0 aliphatic carbocycles. The van der Waals surface area contributed by atoms with Crippen LogP contribution in [0, 0.1) is 25.5 Å². The lowest BCUT2D eigenvalue weighted by molar-refractivity contribution is 0.0973. The summed E-state index contributed by atoms with van der Waals surface area (Å²) in [6.07, 6.45) is 1.67. The maximum Gasteiger partial charge on any atom is 0.263 e. The van der Waals surface area contributed by atoms with E-state index in [1.807, 2.05) is 23.1 Å². The van der Waals surface area contributed by atoms with Crippen molar-refractivity contribution in [1.29, 1.82) is 0 Å². The number of ether oxygens (including phenoxy) is 1. The number of carbonyl (C=O) groups is 1. The van der Waals surface area contributed by atoms with E-state index in [9.17, 15) is 13.6 Å². The number of methoxy groups -OCH3 is 1. The summed E-state index contributed by atoms with van der Waals surface area (Å²) in [5, 5.41) is 3.96. The van der Waals surface area contributed by atoms with Crippen LogP contribution in [0.4, 0.5) is 14.5 Å². The van der Waals surface area contributed by atoms with Gasteiger partial charge >= 0.3 is 0 Å². The number of halogens is 2. The second-order valence-corrected chi connectivity index (χ2v) is 9.28. The summed E-state index contributed by atoms with van der Waals surface area (Å²) in [5.74, 6) is -0.491. The number of hydrogen-bond acceptors (Lipinski definition) is 5. The molecular weight excluding hydrogens is 440 g/mol. The van der Waals surface area contributed by atoms with Gasteiger partial charge in [0.05, 0.1) is 12.8 Å². The Labute approximate surface area is 197 Å². The normalized spacial score (nSPS) is 17.3. The average Bonchev–Trinajstić information content (AvgIpc) is 3.34. The molecule has 0 bridgehead atoms. The van der Waals surface area contributed by atoms with Gasteiger partial charge in [0.1, 0.15) is 17.1 Å². The van der Waals surface area contributed by atoms with Crippen LogP contribution in [-0.4, -0.2) is 42.7 Å². The van der Waals surface area contributed by atoms with Gasteiger partial charge in [0.2, 0.25) is 0 Å². The Morgan fingerprint density at radius 2 is 1.88 bits per heavy atom. The summed E-state index contributed by atoms with van der Waals surface area (Å²) >= 11 is 0. The summed E-state index contributed by atoms with van der Waals surface area (Å²) in [6, 6.07) is 9.94. The highest BCUT2D eigenvalue weighted by Gasteiger charge is 2.47. The molecule has 1 amide bonds. The number of rotatable bonds is 4. The molecule has 2 aliphatic rings. The standard InChI is InChI=1S/C26H27F2N3O3/c1-16-24(17(2)34-29-16)25(32)31-15-26(20-13-19(33-3)5-7-23(20)31)8-10-30(11-9-26)14-18-4-6-21(27)22(28)12-18/h4-7,12-13H,8-11,14-15H2,1-3H3. The number of hydrogen-bond donors (Lipinski definition) is 0. The number of anilines is 1. The number of piperidine rings is 1. The predicted octanol–water partition coefficient (Wildman–Crippen LogP) is 4.77. The highest BCUT2D eigenvalue weighted by Crippen LogP contribution is 2.49. The van der Waals surface area contributed by atoms with Crippen LogP contribution in [0.15, 0.2) is 40.9 Å². The Kier molecular flexibility index (Phi) is 5.64. The SMILES string of the molecule is COc1ccc2c(c1)C1(CCN(Cc3ccc(F)c(F)c3)CC1)CN2C(=O)c1c(C)noc1C. The molecule has 1 aromatic heterocycles. The van der Waals surface area contributed by atoms with Crippen LogP contribution in [0.1, 0.15) is 45.8 Å². The van der Waals surface area contributed by atoms with Crippen molar-refractivity contribution in [2.75, 3.05) is 31.6 Å². The lowest BCUT2D eigenvalue weighted by atomic mass is 9.74. The molecule has 6 nitrogen and oxygen atoms in total. The second kappa shape index (κ2) is 8.51. The van der Waals surface area contributed by atoms with E-state index >= 15 is 0 Å². The van der Waals surface area contributed by atoms with Crippen LogP contribution in [-0.2, 0) is 12.0 Å². The van der Waals surface area contributed by atoms with Gasteiger partial charge in [0.15, 0.2) is 11.6 Å². The lowest BCUT2D eigenvalue weighted by Gasteiger charge is -2.40. The molecule has 8 heteroatoms. The fourth-order valence-electron chi connectivity index (χ4n) is 5.34. The molecule has 3 heterocycles. The van der Waals surface area contributed by atoms with Gasteiger partial charge in [-0.1, -0.05) is 11.2 Å². The summed E-state index contributed by atoms with van der Waals surface area (Å²) in [7, 11) is 1.64. The maximum atomic E-state index is 13.6. The van der Waals surface area contributed by atoms with Crippen LogP contribution >= 0.6 is 0 Å². The molecule has 0 atom stereocenters. The van der Waals surface area contributed by atoms with E-state index in [2.05, 4.69) is 10.1 Å². The minimum absolute atomic E-state index is 0.108. The Morgan fingerprint density at radius 1 is 1.12 bits per heavy atom. The van der Waals surface area contributed by atoms with Crippen molar-refractivity contribution < 1.29 is 22.8 Å². The van der Waals surface area contributed by atoms with Gasteiger partial charge in [-0.3, -0.25) is 9.69 Å². The second-order valence-electron chi connectivity index (χ2n) is 9.28. The Balaban J connectivity index is 1.41. The molecule has 1 spiro atoms. The highest BCUT2D eigenvalue weighted by atomic mass is 19.2. The van der Waals surface area contributed by atoms with Crippen molar-refractivity contribution in [3.05, 3.63) is 76.2 Å². The topological polar surface area (TPSA) is 58.8 Å². The summed E-state index contributed by atoms with van der Waals surface area (Å²) < 4.78 is 37.7. The highest BCUT2D eigenvalue weighted by molar-refractivity contribution is 6.09. The Hall–Kier alpha value is -3.26. The quantitative estimate of drug-likeness (QED) is 0.553. The molecule has 178 valence electrons. The van der Waals surface area contributed by atoms with Crippen molar-refractivity contribution in [3.63, 3.8) is 0 Å². The predicted molar refractivity (Wildman–Crippen MR) is 123 cm³/mol. The number of amides is 1. The summed E-state index contributed by atoms with van der Waals surface area (Å²) in [4.78, 5) is 17.7. The zero-order valence-corrected chi connectivity index (χ0v) is 19.5. The zero-order valence-electron chi connectivity index (χ0n) is 19.5. The first-order valence-corrected chi connectivity index (χ1v) is 11.4. The summed E-state index contributed by atoms with van der Waals surface area (Å²) in [6.45, 7) is 6.22. The molecule has 3 aromatic rings. The first kappa shape index (κ1) is 22.5. The van der Waals surface area contributed by atoms with Crippen molar-refractivity contribution in [1.82, 2.24) is 10.1 Å².